The Labute approximate surface area is 108 Å². The summed E-state index contributed by atoms with van der Waals surface area (Å²) >= 11 is 0. The molecule has 1 saturated heterocycles. The van der Waals surface area contributed by atoms with Crippen molar-refractivity contribution in [1.82, 2.24) is 4.90 Å². The van der Waals surface area contributed by atoms with Crippen LogP contribution in [0.3, 0.4) is 0 Å². The Hall–Kier alpha value is -0.0800. The number of rotatable bonds is 4. The summed E-state index contributed by atoms with van der Waals surface area (Å²) in [5.74, 6) is 0. The molecule has 1 aliphatic rings. The molecule has 2 N–H and O–H groups in total. The maximum Gasteiger partial charge on any atom is 0.0161 e. The highest BCUT2D eigenvalue weighted by Crippen LogP contribution is 2.36. The summed E-state index contributed by atoms with van der Waals surface area (Å²) in [7, 11) is 0. The van der Waals surface area contributed by atoms with Crippen LogP contribution in [-0.4, -0.2) is 30.1 Å². The topological polar surface area (TPSA) is 29.3 Å². The third-order valence-corrected chi connectivity index (χ3v) is 5.28. The Morgan fingerprint density at radius 3 is 1.94 bits per heavy atom. The molecule has 0 bridgehead atoms. The number of likely N-dealkylation sites (tertiary alicyclic amines) is 1. The van der Waals surface area contributed by atoms with Crippen LogP contribution in [0, 0.1) is 10.8 Å². The van der Waals surface area contributed by atoms with Crippen LogP contribution in [0.5, 0.6) is 0 Å². The molecule has 17 heavy (non-hydrogen) atoms. The molecule has 0 aromatic rings. The molecule has 0 spiro atoms. The Bertz CT molecular complexity index is 242. The van der Waals surface area contributed by atoms with E-state index >= 15 is 0 Å². The summed E-state index contributed by atoms with van der Waals surface area (Å²) < 4.78 is 0. The second-order valence-electron chi connectivity index (χ2n) is 7.55. The second kappa shape index (κ2) is 4.89. The number of hydrogen-bond acceptors (Lipinski definition) is 2. The minimum Gasteiger partial charge on any atom is -0.325 e. The van der Waals surface area contributed by atoms with E-state index in [9.17, 15) is 0 Å². The summed E-state index contributed by atoms with van der Waals surface area (Å²) in [6.45, 7) is 17.2. The van der Waals surface area contributed by atoms with Gasteiger partial charge in [0.25, 0.3) is 0 Å². The van der Waals surface area contributed by atoms with Crippen LogP contribution in [0.1, 0.15) is 60.8 Å². The van der Waals surface area contributed by atoms with Crippen molar-refractivity contribution in [3.8, 4) is 0 Å². The minimum atomic E-state index is -0.113. The van der Waals surface area contributed by atoms with Crippen molar-refractivity contribution in [1.29, 1.82) is 0 Å². The van der Waals surface area contributed by atoms with Crippen molar-refractivity contribution in [2.24, 2.45) is 16.6 Å². The van der Waals surface area contributed by atoms with Gasteiger partial charge in [0.05, 0.1) is 0 Å². The van der Waals surface area contributed by atoms with Gasteiger partial charge in [-0.2, -0.15) is 0 Å². The number of hydrogen-bond donors (Lipinski definition) is 1. The summed E-state index contributed by atoms with van der Waals surface area (Å²) in [4.78, 5) is 2.60. The van der Waals surface area contributed by atoms with Crippen molar-refractivity contribution in [3.63, 3.8) is 0 Å². The molecule has 1 aliphatic heterocycles. The van der Waals surface area contributed by atoms with E-state index in [0.717, 1.165) is 6.54 Å². The van der Waals surface area contributed by atoms with Gasteiger partial charge in [0, 0.05) is 12.1 Å². The molecule has 0 aliphatic carbocycles. The highest BCUT2D eigenvalue weighted by Gasteiger charge is 2.37. The minimum absolute atomic E-state index is 0.113. The smallest absolute Gasteiger partial charge is 0.0161 e. The lowest BCUT2D eigenvalue weighted by Crippen LogP contribution is -2.54. The van der Waals surface area contributed by atoms with E-state index in [1.165, 1.54) is 32.4 Å². The highest BCUT2D eigenvalue weighted by atomic mass is 15.1. The van der Waals surface area contributed by atoms with E-state index in [1.807, 2.05) is 0 Å². The summed E-state index contributed by atoms with van der Waals surface area (Å²) in [6.07, 6.45) is 3.99. The zero-order valence-electron chi connectivity index (χ0n) is 12.8. The van der Waals surface area contributed by atoms with E-state index in [2.05, 4.69) is 46.4 Å². The van der Waals surface area contributed by atoms with Gasteiger partial charge in [-0.05, 0) is 50.6 Å². The maximum absolute atomic E-state index is 6.28. The van der Waals surface area contributed by atoms with Gasteiger partial charge in [0.15, 0.2) is 0 Å². The maximum atomic E-state index is 6.28. The fourth-order valence-corrected chi connectivity index (χ4v) is 2.37. The largest absolute Gasteiger partial charge is 0.325 e. The predicted molar refractivity (Wildman–Crippen MR) is 76.1 cm³/mol. The zero-order chi connectivity index (χ0) is 13.3. The van der Waals surface area contributed by atoms with Gasteiger partial charge in [-0.25, -0.2) is 0 Å². The van der Waals surface area contributed by atoms with Crippen LogP contribution in [0.25, 0.3) is 0 Å². The lowest BCUT2D eigenvalue weighted by Gasteiger charge is -2.46. The van der Waals surface area contributed by atoms with Crippen LogP contribution in [0.4, 0.5) is 0 Å². The third-order valence-electron chi connectivity index (χ3n) is 5.28. The first kappa shape index (κ1) is 15.0. The molecule has 1 heterocycles. The predicted octanol–water partition coefficient (Wildman–Crippen LogP) is 3.26. The number of piperidine rings is 1. The van der Waals surface area contributed by atoms with Gasteiger partial charge >= 0.3 is 0 Å². The number of nitrogens with two attached hydrogens (primary N) is 1. The average molecular weight is 240 g/mol. The Kier molecular flexibility index (Phi) is 4.31. The third kappa shape index (κ3) is 3.69. The van der Waals surface area contributed by atoms with E-state index in [0.29, 0.717) is 5.41 Å². The van der Waals surface area contributed by atoms with E-state index < -0.39 is 0 Å². The monoisotopic (exact) mass is 240 g/mol. The molecule has 2 heteroatoms. The van der Waals surface area contributed by atoms with Crippen LogP contribution in [0.15, 0.2) is 0 Å². The van der Waals surface area contributed by atoms with Crippen molar-refractivity contribution in [3.05, 3.63) is 0 Å². The molecule has 1 fully saturated rings. The molecular weight excluding hydrogens is 208 g/mol. The van der Waals surface area contributed by atoms with Gasteiger partial charge in [-0.15, -0.1) is 0 Å². The van der Waals surface area contributed by atoms with Gasteiger partial charge in [0.1, 0.15) is 0 Å². The standard InChI is InChI=1S/C15H32N2/c1-7-15(6)8-10-17(11-9-15)12-13(2,3)14(4,5)16/h7-12,16H2,1-6H3. The van der Waals surface area contributed by atoms with E-state index in [4.69, 9.17) is 5.73 Å². The Morgan fingerprint density at radius 1 is 1.12 bits per heavy atom. The van der Waals surface area contributed by atoms with Crippen molar-refractivity contribution < 1.29 is 0 Å². The molecular formula is C15H32N2. The van der Waals surface area contributed by atoms with E-state index in [-0.39, 0.29) is 11.0 Å². The summed E-state index contributed by atoms with van der Waals surface area (Å²) in [5, 5.41) is 0. The van der Waals surface area contributed by atoms with Gasteiger partial charge in [-0.1, -0.05) is 34.1 Å². The molecule has 0 atom stereocenters. The molecule has 0 saturated carbocycles. The molecule has 0 aromatic carbocycles. The second-order valence-corrected chi connectivity index (χ2v) is 7.55. The lowest BCUT2D eigenvalue weighted by molar-refractivity contribution is 0.0578. The first-order chi connectivity index (χ1) is 7.60. The van der Waals surface area contributed by atoms with Crippen molar-refractivity contribution in [2.45, 2.75) is 66.3 Å². The lowest BCUT2D eigenvalue weighted by atomic mass is 9.73. The van der Waals surface area contributed by atoms with Crippen LogP contribution >= 0.6 is 0 Å². The zero-order valence-corrected chi connectivity index (χ0v) is 12.8. The average Bonchev–Trinajstić information content (AvgIpc) is 2.20. The first-order valence-corrected chi connectivity index (χ1v) is 7.11. The van der Waals surface area contributed by atoms with Gasteiger partial charge in [-0.3, -0.25) is 0 Å². The van der Waals surface area contributed by atoms with E-state index in [1.54, 1.807) is 0 Å². The first-order valence-electron chi connectivity index (χ1n) is 7.11. The van der Waals surface area contributed by atoms with Crippen LogP contribution < -0.4 is 5.73 Å². The normalized spacial score (nSPS) is 22.8. The number of nitrogens with zero attached hydrogens (tertiary/aromatic N) is 1. The SMILES string of the molecule is CCC1(C)CCN(CC(C)(C)C(C)(C)N)CC1. The van der Waals surface area contributed by atoms with Crippen molar-refractivity contribution >= 4 is 0 Å². The van der Waals surface area contributed by atoms with Crippen molar-refractivity contribution in [2.75, 3.05) is 19.6 Å². The fourth-order valence-electron chi connectivity index (χ4n) is 2.37. The molecule has 0 radical (unpaired) electrons. The van der Waals surface area contributed by atoms with Gasteiger partial charge in [0.2, 0.25) is 0 Å². The highest BCUT2D eigenvalue weighted by molar-refractivity contribution is 4.93. The fraction of sp³-hybridized carbons (Fsp3) is 1.00. The Morgan fingerprint density at radius 2 is 1.59 bits per heavy atom. The van der Waals surface area contributed by atoms with Crippen LogP contribution in [-0.2, 0) is 0 Å². The molecule has 0 amide bonds. The molecule has 1 rings (SSSR count). The quantitative estimate of drug-likeness (QED) is 0.817. The molecule has 102 valence electrons. The van der Waals surface area contributed by atoms with Gasteiger partial charge < -0.3 is 10.6 Å². The molecule has 0 aromatic heterocycles. The molecule has 2 nitrogen and oxygen atoms in total. The molecule has 0 unspecified atom stereocenters. The summed E-state index contributed by atoms with van der Waals surface area (Å²) in [5.41, 5.74) is 6.93. The van der Waals surface area contributed by atoms with Crippen LogP contribution in [0.2, 0.25) is 0 Å². The Balaban J connectivity index is 2.51. The summed E-state index contributed by atoms with van der Waals surface area (Å²) in [6, 6.07) is 0.